The predicted molar refractivity (Wildman–Crippen MR) is 109 cm³/mol. The van der Waals surface area contributed by atoms with Crippen LogP contribution in [0.3, 0.4) is 0 Å². The van der Waals surface area contributed by atoms with E-state index in [0.29, 0.717) is 12.1 Å². The number of aromatic nitrogens is 1. The highest BCUT2D eigenvalue weighted by Gasteiger charge is 2.20. The number of nitrogens with zero attached hydrogens (tertiary/aromatic N) is 2. The van der Waals surface area contributed by atoms with Crippen molar-refractivity contribution in [2.75, 3.05) is 0 Å². The molecular weight excluding hydrogens is 332 g/mol. The van der Waals surface area contributed by atoms with Crippen molar-refractivity contribution in [3.8, 4) is 12.3 Å². The first-order valence-electron chi connectivity index (χ1n) is 8.88. The molecule has 0 aliphatic heterocycles. The van der Waals surface area contributed by atoms with E-state index in [0.717, 1.165) is 22.4 Å². The molecule has 2 aromatic carbocycles. The molecule has 0 saturated heterocycles. The maximum atomic E-state index is 9.71. The van der Waals surface area contributed by atoms with Crippen LogP contribution in [0.1, 0.15) is 45.8 Å². The van der Waals surface area contributed by atoms with E-state index in [4.69, 9.17) is 6.42 Å². The third-order valence-electron chi connectivity index (χ3n) is 4.79. The third-order valence-corrected chi connectivity index (χ3v) is 4.79. The first-order valence-corrected chi connectivity index (χ1v) is 8.88. The predicted octanol–water partition coefficient (Wildman–Crippen LogP) is 5.08. The summed E-state index contributed by atoms with van der Waals surface area (Å²) in [5.74, 6) is 2.71. The molecule has 0 spiro atoms. The average Bonchev–Trinajstić information content (AvgIpc) is 2.70. The van der Waals surface area contributed by atoms with E-state index in [2.05, 4.69) is 47.2 Å². The van der Waals surface area contributed by atoms with E-state index < -0.39 is 0 Å². The molecule has 1 atom stereocenters. The Morgan fingerprint density at radius 2 is 1.85 bits per heavy atom. The van der Waals surface area contributed by atoms with Gasteiger partial charge in [0, 0.05) is 35.4 Å². The molecule has 0 fully saturated rings. The summed E-state index contributed by atoms with van der Waals surface area (Å²) in [5, 5.41) is 13.3. The number of pyridine rings is 1. The SMILES string of the molecule is C#Cc1ccc([C@@H](CC(=NO)c2ccnc(C)c2)c2ccccc2C)cc1. The van der Waals surface area contributed by atoms with Gasteiger partial charge in [0.05, 0.1) is 5.71 Å². The number of hydrogen-bond acceptors (Lipinski definition) is 3. The Labute approximate surface area is 160 Å². The van der Waals surface area contributed by atoms with E-state index >= 15 is 0 Å². The van der Waals surface area contributed by atoms with Gasteiger partial charge in [0.1, 0.15) is 0 Å². The summed E-state index contributed by atoms with van der Waals surface area (Å²) in [4.78, 5) is 4.23. The molecule has 0 bridgehead atoms. The molecule has 27 heavy (non-hydrogen) atoms. The Morgan fingerprint density at radius 1 is 1.11 bits per heavy atom. The quantitative estimate of drug-likeness (QED) is 0.300. The van der Waals surface area contributed by atoms with Crippen molar-refractivity contribution in [2.24, 2.45) is 5.16 Å². The van der Waals surface area contributed by atoms with Gasteiger partial charge in [0.2, 0.25) is 0 Å². The standard InChI is InChI=1S/C24H22N2O/c1-4-19-9-11-20(12-10-19)23(22-8-6-5-7-17(22)2)16-24(26-27)21-13-14-25-18(3)15-21/h1,5-15,23,27H,16H2,2-3H3/t23-/m1/s1. The number of hydrogen-bond donors (Lipinski definition) is 1. The van der Waals surface area contributed by atoms with Gasteiger partial charge >= 0.3 is 0 Å². The summed E-state index contributed by atoms with van der Waals surface area (Å²) < 4.78 is 0. The molecule has 1 heterocycles. The van der Waals surface area contributed by atoms with Crippen molar-refractivity contribution in [2.45, 2.75) is 26.2 Å². The first kappa shape index (κ1) is 18.4. The molecule has 0 saturated carbocycles. The number of oxime groups is 1. The van der Waals surface area contributed by atoms with Crippen molar-refractivity contribution in [3.63, 3.8) is 0 Å². The van der Waals surface area contributed by atoms with Crippen molar-refractivity contribution >= 4 is 5.71 Å². The Kier molecular flexibility index (Phi) is 5.68. The number of benzene rings is 2. The van der Waals surface area contributed by atoms with Crippen LogP contribution in [0.4, 0.5) is 0 Å². The highest BCUT2D eigenvalue weighted by molar-refractivity contribution is 6.00. The second-order valence-corrected chi connectivity index (χ2v) is 6.61. The van der Waals surface area contributed by atoms with Crippen molar-refractivity contribution in [1.82, 2.24) is 4.98 Å². The van der Waals surface area contributed by atoms with Gasteiger partial charge < -0.3 is 5.21 Å². The Morgan fingerprint density at radius 3 is 2.48 bits per heavy atom. The molecule has 0 aliphatic carbocycles. The lowest BCUT2D eigenvalue weighted by molar-refractivity contribution is 0.317. The lowest BCUT2D eigenvalue weighted by Gasteiger charge is -2.21. The minimum atomic E-state index is 0.0531. The Bertz CT molecular complexity index is 997. The summed E-state index contributed by atoms with van der Waals surface area (Å²) in [6.07, 6.45) is 7.80. The number of aryl methyl sites for hydroxylation is 2. The fourth-order valence-corrected chi connectivity index (χ4v) is 3.33. The highest BCUT2D eigenvalue weighted by atomic mass is 16.4. The van der Waals surface area contributed by atoms with Crippen LogP contribution in [0.2, 0.25) is 0 Å². The largest absolute Gasteiger partial charge is 0.411 e. The van der Waals surface area contributed by atoms with Crippen LogP contribution >= 0.6 is 0 Å². The molecule has 3 nitrogen and oxygen atoms in total. The van der Waals surface area contributed by atoms with Crippen molar-refractivity contribution < 1.29 is 5.21 Å². The average molecular weight is 354 g/mol. The van der Waals surface area contributed by atoms with Crippen LogP contribution in [-0.4, -0.2) is 15.9 Å². The van der Waals surface area contributed by atoms with Crippen LogP contribution in [0.25, 0.3) is 0 Å². The van der Waals surface area contributed by atoms with E-state index in [1.54, 1.807) is 6.20 Å². The van der Waals surface area contributed by atoms with Crippen LogP contribution < -0.4 is 0 Å². The van der Waals surface area contributed by atoms with E-state index in [-0.39, 0.29) is 5.92 Å². The van der Waals surface area contributed by atoms with Gasteiger partial charge in [-0.2, -0.15) is 0 Å². The van der Waals surface area contributed by atoms with Gasteiger partial charge in [0.15, 0.2) is 0 Å². The second kappa shape index (κ2) is 8.33. The monoisotopic (exact) mass is 354 g/mol. The molecule has 1 aromatic heterocycles. The van der Waals surface area contributed by atoms with Gasteiger partial charge in [-0.25, -0.2) is 0 Å². The van der Waals surface area contributed by atoms with Crippen molar-refractivity contribution in [1.29, 1.82) is 0 Å². The minimum absolute atomic E-state index is 0.0531. The van der Waals surface area contributed by atoms with Gasteiger partial charge in [-0.05, 0) is 54.8 Å². The molecule has 0 unspecified atom stereocenters. The first-order chi connectivity index (χ1) is 13.1. The molecule has 3 rings (SSSR count). The molecule has 0 radical (unpaired) electrons. The summed E-state index contributed by atoms with van der Waals surface area (Å²) in [6, 6.07) is 20.1. The fourth-order valence-electron chi connectivity index (χ4n) is 3.33. The van der Waals surface area contributed by atoms with Crippen LogP contribution in [0.5, 0.6) is 0 Å². The lowest BCUT2D eigenvalue weighted by Crippen LogP contribution is -2.12. The zero-order valence-electron chi connectivity index (χ0n) is 15.6. The summed E-state index contributed by atoms with van der Waals surface area (Å²) in [7, 11) is 0. The van der Waals surface area contributed by atoms with Crippen LogP contribution in [0, 0.1) is 26.2 Å². The van der Waals surface area contributed by atoms with E-state index in [1.807, 2.05) is 43.3 Å². The van der Waals surface area contributed by atoms with Crippen molar-refractivity contribution in [3.05, 3.63) is 100 Å². The molecule has 134 valence electrons. The molecular formula is C24H22N2O. The van der Waals surface area contributed by atoms with Crippen LogP contribution in [-0.2, 0) is 0 Å². The van der Waals surface area contributed by atoms with E-state index in [1.165, 1.54) is 11.1 Å². The molecule has 1 N–H and O–H groups in total. The Balaban J connectivity index is 2.04. The minimum Gasteiger partial charge on any atom is -0.411 e. The summed E-state index contributed by atoms with van der Waals surface area (Å²) >= 11 is 0. The van der Waals surface area contributed by atoms with Gasteiger partial charge in [-0.15, -0.1) is 6.42 Å². The van der Waals surface area contributed by atoms with Gasteiger partial charge in [0.25, 0.3) is 0 Å². The molecule has 3 aromatic rings. The normalized spacial score (nSPS) is 12.4. The number of rotatable bonds is 5. The zero-order valence-corrected chi connectivity index (χ0v) is 15.6. The Hall–Kier alpha value is -3.38. The smallest absolute Gasteiger partial charge is 0.0878 e. The fraction of sp³-hybridized carbons (Fsp3) is 0.167. The second-order valence-electron chi connectivity index (χ2n) is 6.61. The lowest BCUT2D eigenvalue weighted by atomic mass is 9.83. The highest BCUT2D eigenvalue weighted by Crippen LogP contribution is 2.32. The zero-order chi connectivity index (χ0) is 19.2. The molecule has 0 aliphatic rings. The molecule has 3 heteroatoms. The van der Waals surface area contributed by atoms with Gasteiger partial charge in [-0.3, -0.25) is 4.98 Å². The van der Waals surface area contributed by atoms with Crippen LogP contribution in [0.15, 0.2) is 72.0 Å². The van der Waals surface area contributed by atoms with Gasteiger partial charge in [-0.1, -0.05) is 47.5 Å². The maximum absolute atomic E-state index is 9.71. The van der Waals surface area contributed by atoms with E-state index in [9.17, 15) is 5.21 Å². The third kappa shape index (κ3) is 4.24. The summed E-state index contributed by atoms with van der Waals surface area (Å²) in [5.41, 5.74) is 6.79. The number of terminal acetylenes is 1. The summed E-state index contributed by atoms with van der Waals surface area (Å²) in [6.45, 7) is 4.03. The molecule has 0 amide bonds. The maximum Gasteiger partial charge on any atom is 0.0878 e. The topological polar surface area (TPSA) is 45.5 Å².